The Bertz CT molecular complexity index is 611. The molecule has 1 heterocycles. The highest BCUT2D eigenvalue weighted by Gasteiger charge is 2.05. The van der Waals surface area contributed by atoms with Gasteiger partial charge in [0.05, 0.1) is 0 Å². The van der Waals surface area contributed by atoms with Crippen LogP contribution in [0.2, 0.25) is 0 Å². The van der Waals surface area contributed by atoms with Crippen molar-refractivity contribution in [1.82, 2.24) is 4.98 Å². The molecule has 18 heavy (non-hydrogen) atoms. The van der Waals surface area contributed by atoms with E-state index in [2.05, 4.69) is 9.27 Å². The standard InChI is InChI=1S/C11H10N2O4S/c14-18(15,16)17-13-11-7-6-10(8-12-11)9-4-2-1-3-5-9/h1-8H,(H,12,13)(H,14,15,16). The largest absolute Gasteiger partial charge is 0.418 e. The summed E-state index contributed by atoms with van der Waals surface area (Å²) in [5.41, 5.74) is 3.89. The van der Waals surface area contributed by atoms with E-state index in [1.165, 1.54) is 6.07 Å². The van der Waals surface area contributed by atoms with Crippen molar-refractivity contribution < 1.29 is 17.3 Å². The molecule has 0 radical (unpaired) electrons. The van der Waals surface area contributed by atoms with Crippen molar-refractivity contribution in [2.45, 2.75) is 0 Å². The average Bonchev–Trinajstić information content (AvgIpc) is 2.37. The van der Waals surface area contributed by atoms with E-state index in [0.717, 1.165) is 11.1 Å². The van der Waals surface area contributed by atoms with Gasteiger partial charge in [0, 0.05) is 11.8 Å². The molecule has 2 N–H and O–H groups in total. The van der Waals surface area contributed by atoms with Crippen molar-refractivity contribution in [3.8, 4) is 11.1 Å². The molecule has 0 saturated heterocycles. The fourth-order valence-electron chi connectivity index (χ4n) is 1.35. The number of rotatable bonds is 4. The molecule has 0 amide bonds. The summed E-state index contributed by atoms with van der Waals surface area (Å²) in [5.74, 6) is 0.173. The molecule has 0 bridgehead atoms. The molecule has 7 heteroatoms. The maximum atomic E-state index is 10.3. The molecule has 1 aromatic carbocycles. The first-order chi connectivity index (χ1) is 8.54. The Morgan fingerprint density at radius 3 is 2.33 bits per heavy atom. The van der Waals surface area contributed by atoms with E-state index in [-0.39, 0.29) is 5.82 Å². The molecule has 2 rings (SSSR count). The fraction of sp³-hybridized carbons (Fsp3) is 0. The van der Waals surface area contributed by atoms with Crippen LogP contribution >= 0.6 is 0 Å². The van der Waals surface area contributed by atoms with Crippen molar-refractivity contribution in [3.05, 3.63) is 48.7 Å². The predicted molar refractivity (Wildman–Crippen MR) is 65.9 cm³/mol. The molecule has 0 aliphatic carbocycles. The van der Waals surface area contributed by atoms with E-state index in [1.54, 1.807) is 12.3 Å². The van der Waals surface area contributed by atoms with Gasteiger partial charge in [0.1, 0.15) is 0 Å². The van der Waals surface area contributed by atoms with Crippen LogP contribution < -0.4 is 5.48 Å². The average molecular weight is 266 g/mol. The monoisotopic (exact) mass is 266 g/mol. The Kier molecular flexibility index (Phi) is 3.56. The van der Waals surface area contributed by atoms with Gasteiger partial charge >= 0.3 is 10.4 Å². The minimum Gasteiger partial charge on any atom is -0.262 e. The zero-order valence-corrected chi connectivity index (χ0v) is 9.96. The lowest BCUT2D eigenvalue weighted by atomic mass is 10.1. The Balaban J connectivity index is 2.11. The number of nitrogens with zero attached hydrogens (tertiary/aromatic N) is 1. The van der Waals surface area contributed by atoms with Crippen LogP contribution in [-0.2, 0) is 14.7 Å². The van der Waals surface area contributed by atoms with Crippen molar-refractivity contribution in [2.75, 3.05) is 5.48 Å². The Labute approximate surface area is 104 Å². The van der Waals surface area contributed by atoms with Crippen molar-refractivity contribution >= 4 is 16.2 Å². The van der Waals surface area contributed by atoms with Crippen molar-refractivity contribution in [3.63, 3.8) is 0 Å². The zero-order chi connectivity index (χ0) is 13.0. The van der Waals surface area contributed by atoms with Gasteiger partial charge in [0.25, 0.3) is 0 Å². The second-order valence-electron chi connectivity index (χ2n) is 3.41. The number of benzene rings is 1. The molecule has 0 saturated carbocycles. The Morgan fingerprint density at radius 2 is 1.78 bits per heavy atom. The fourth-order valence-corrected chi connectivity index (χ4v) is 1.54. The van der Waals surface area contributed by atoms with Gasteiger partial charge in [-0.05, 0) is 17.7 Å². The second kappa shape index (κ2) is 5.13. The van der Waals surface area contributed by atoms with Gasteiger partial charge in [-0.25, -0.2) is 10.5 Å². The maximum absolute atomic E-state index is 10.3. The minimum atomic E-state index is -4.54. The lowest BCUT2D eigenvalue weighted by molar-refractivity contribution is 0.319. The molecular weight excluding hydrogens is 256 g/mol. The molecule has 0 aliphatic heterocycles. The summed E-state index contributed by atoms with van der Waals surface area (Å²) in [5, 5.41) is 0. The number of hydrogen-bond donors (Lipinski definition) is 2. The van der Waals surface area contributed by atoms with E-state index in [1.807, 2.05) is 35.8 Å². The summed E-state index contributed by atoms with van der Waals surface area (Å²) in [6, 6.07) is 12.9. The Morgan fingerprint density at radius 1 is 1.06 bits per heavy atom. The number of anilines is 1. The van der Waals surface area contributed by atoms with Gasteiger partial charge in [-0.1, -0.05) is 30.3 Å². The molecule has 0 unspecified atom stereocenters. The highest BCUT2D eigenvalue weighted by atomic mass is 32.3. The van der Waals surface area contributed by atoms with Crippen LogP contribution in [0.25, 0.3) is 11.1 Å². The van der Waals surface area contributed by atoms with E-state index in [4.69, 9.17) is 4.55 Å². The molecule has 1 aromatic heterocycles. The Hall–Kier alpha value is -1.96. The summed E-state index contributed by atoms with van der Waals surface area (Å²) >= 11 is 0. The van der Waals surface area contributed by atoms with Crippen LogP contribution in [0.3, 0.4) is 0 Å². The lowest BCUT2D eigenvalue weighted by Gasteiger charge is -2.04. The lowest BCUT2D eigenvalue weighted by Crippen LogP contribution is -2.10. The van der Waals surface area contributed by atoms with Gasteiger partial charge in [-0.15, -0.1) is 4.28 Å². The molecular formula is C11H10N2O4S. The van der Waals surface area contributed by atoms with E-state index in [9.17, 15) is 8.42 Å². The van der Waals surface area contributed by atoms with Gasteiger partial charge in [-0.2, -0.15) is 8.42 Å². The van der Waals surface area contributed by atoms with Gasteiger partial charge < -0.3 is 0 Å². The number of nitrogens with one attached hydrogen (secondary N) is 1. The first-order valence-electron chi connectivity index (χ1n) is 4.98. The molecule has 2 aromatic rings. The zero-order valence-electron chi connectivity index (χ0n) is 9.15. The number of aromatic nitrogens is 1. The molecule has 0 atom stereocenters. The SMILES string of the molecule is O=S(=O)(O)ONc1ccc(-c2ccccc2)cn1. The summed E-state index contributed by atoms with van der Waals surface area (Å²) in [4.78, 5) is 3.95. The minimum absolute atomic E-state index is 0.173. The van der Waals surface area contributed by atoms with Gasteiger partial charge in [-0.3, -0.25) is 4.55 Å². The summed E-state index contributed by atoms with van der Waals surface area (Å²) in [6.07, 6.45) is 1.56. The number of pyridine rings is 1. The van der Waals surface area contributed by atoms with E-state index in [0.29, 0.717) is 0 Å². The van der Waals surface area contributed by atoms with E-state index >= 15 is 0 Å². The number of hydrogen-bond acceptors (Lipinski definition) is 5. The highest BCUT2D eigenvalue weighted by Crippen LogP contribution is 2.18. The normalized spacial score (nSPS) is 11.2. The van der Waals surface area contributed by atoms with Crippen molar-refractivity contribution in [1.29, 1.82) is 0 Å². The third-order valence-corrected chi connectivity index (χ3v) is 2.42. The quantitative estimate of drug-likeness (QED) is 0.649. The van der Waals surface area contributed by atoms with Crippen LogP contribution in [0.5, 0.6) is 0 Å². The van der Waals surface area contributed by atoms with Crippen molar-refractivity contribution in [2.24, 2.45) is 0 Å². The molecule has 6 nitrogen and oxygen atoms in total. The molecule has 0 spiro atoms. The second-order valence-corrected chi connectivity index (χ2v) is 4.43. The predicted octanol–water partition coefficient (Wildman–Crippen LogP) is 1.89. The van der Waals surface area contributed by atoms with Crippen LogP contribution in [-0.4, -0.2) is 18.0 Å². The summed E-state index contributed by atoms with van der Waals surface area (Å²) < 4.78 is 33.0. The van der Waals surface area contributed by atoms with Crippen LogP contribution in [0.4, 0.5) is 5.82 Å². The molecule has 0 aliphatic rings. The first kappa shape index (κ1) is 12.5. The van der Waals surface area contributed by atoms with Crippen LogP contribution in [0.1, 0.15) is 0 Å². The summed E-state index contributed by atoms with van der Waals surface area (Å²) in [7, 11) is -4.54. The van der Waals surface area contributed by atoms with E-state index < -0.39 is 10.4 Å². The molecule has 94 valence electrons. The molecule has 0 fully saturated rings. The first-order valence-corrected chi connectivity index (χ1v) is 6.34. The third kappa shape index (κ3) is 3.52. The smallest absolute Gasteiger partial charge is 0.262 e. The highest BCUT2D eigenvalue weighted by molar-refractivity contribution is 7.80. The third-order valence-electron chi connectivity index (χ3n) is 2.12. The van der Waals surface area contributed by atoms with Gasteiger partial charge in [0.15, 0.2) is 5.82 Å². The topological polar surface area (TPSA) is 88.5 Å². The summed E-state index contributed by atoms with van der Waals surface area (Å²) in [6.45, 7) is 0. The van der Waals surface area contributed by atoms with Crippen LogP contribution in [0.15, 0.2) is 48.7 Å². The van der Waals surface area contributed by atoms with Gasteiger partial charge in [0.2, 0.25) is 0 Å². The van der Waals surface area contributed by atoms with Crippen LogP contribution in [0, 0.1) is 0 Å². The maximum Gasteiger partial charge on any atom is 0.418 e.